The van der Waals surface area contributed by atoms with E-state index >= 15 is 0 Å². The molecule has 0 aliphatic carbocycles. The number of para-hydroxylation sites is 1. The molecule has 1 heterocycles. The summed E-state index contributed by atoms with van der Waals surface area (Å²) in [6.07, 6.45) is 1.26. The number of hydrogen-bond donors (Lipinski definition) is 0. The van der Waals surface area contributed by atoms with Crippen LogP contribution in [0.1, 0.15) is 21.5 Å². The minimum absolute atomic E-state index is 0.0833. The van der Waals surface area contributed by atoms with Crippen LogP contribution in [-0.2, 0) is 0 Å². The predicted molar refractivity (Wildman–Crippen MR) is 116 cm³/mol. The van der Waals surface area contributed by atoms with Crippen molar-refractivity contribution in [2.24, 2.45) is 0 Å². The van der Waals surface area contributed by atoms with Gasteiger partial charge in [-0.1, -0.05) is 24.3 Å². The summed E-state index contributed by atoms with van der Waals surface area (Å²) in [6, 6.07) is 17.1. The van der Waals surface area contributed by atoms with Gasteiger partial charge >= 0.3 is 5.97 Å². The summed E-state index contributed by atoms with van der Waals surface area (Å²) in [7, 11) is 1.48. The van der Waals surface area contributed by atoms with Crippen LogP contribution in [0.5, 0.6) is 23.0 Å². The van der Waals surface area contributed by atoms with Gasteiger partial charge in [0, 0.05) is 6.07 Å². The minimum Gasteiger partial charge on any atom is -0.496 e. The molecule has 156 valence electrons. The monoisotopic (exact) mass is 416 g/mol. The Balaban J connectivity index is 1.62. The van der Waals surface area contributed by atoms with Crippen molar-refractivity contribution in [2.45, 2.75) is 13.8 Å². The summed E-state index contributed by atoms with van der Waals surface area (Å²) in [5.74, 6) is 0.755. The largest absolute Gasteiger partial charge is 0.496 e. The molecule has 0 saturated heterocycles. The molecule has 6 heteroatoms. The molecule has 0 radical (unpaired) electrons. The van der Waals surface area contributed by atoms with Gasteiger partial charge in [0.05, 0.1) is 12.5 Å². The molecular weight excluding hydrogens is 396 g/mol. The topological polar surface area (TPSA) is 75.0 Å². The molecule has 0 aliphatic rings. The van der Waals surface area contributed by atoms with E-state index in [-0.39, 0.29) is 22.5 Å². The first-order valence-electron chi connectivity index (χ1n) is 9.62. The molecule has 31 heavy (non-hydrogen) atoms. The summed E-state index contributed by atoms with van der Waals surface area (Å²) in [5.41, 5.74) is 2.19. The van der Waals surface area contributed by atoms with Crippen LogP contribution in [0, 0.1) is 13.8 Å². The van der Waals surface area contributed by atoms with Crippen molar-refractivity contribution in [1.82, 2.24) is 0 Å². The number of ether oxygens (including phenoxy) is 3. The minimum atomic E-state index is -0.575. The standard InChI is InChI=1S/C25H20O6/c1-15-8-9-16(2)21(12-15)31-23-14-29-22-13-17(10-11-18(22)24(23)26)30-25(27)19-6-4-5-7-20(19)28-3/h4-14H,1-3H3. The van der Waals surface area contributed by atoms with E-state index in [1.54, 1.807) is 30.3 Å². The summed E-state index contributed by atoms with van der Waals surface area (Å²) in [5, 5.41) is 0.319. The molecule has 4 aromatic rings. The Bertz CT molecular complexity index is 1340. The van der Waals surface area contributed by atoms with Crippen molar-refractivity contribution in [3.8, 4) is 23.0 Å². The number of carbonyl (C=O) groups is 1. The van der Waals surface area contributed by atoms with E-state index in [1.807, 2.05) is 32.0 Å². The molecule has 0 unspecified atom stereocenters. The highest BCUT2D eigenvalue weighted by Gasteiger charge is 2.16. The van der Waals surface area contributed by atoms with Gasteiger partial charge in [-0.05, 0) is 55.3 Å². The maximum absolute atomic E-state index is 12.9. The van der Waals surface area contributed by atoms with Gasteiger partial charge in [0.2, 0.25) is 11.2 Å². The number of esters is 1. The maximum atomic E-state index is 12.9. The van der Waals surface area contributed by atoms with Crippen LogP contribution in [-0.4, -0.2) is 13.1 Å². The number of aryl methyl sites for hydroxylation is 2. The maximum Gasteiger partial charge on any atom is 0.347 e. The smallest absolute Gasteiger partial charge is 0.347 e. The molecule has 0 fully saturated rings. The Kier molecular flexibility index (Phi) is 5.45. The average Bonchev–Trinajstić information content (AvgIpc) is 2.78. The summed E-state index contributed by atoms with van der Waals surface area (Å²) in [6.45, 7) is 3.85. The lowest BCUT2D eigenvalue weighted by Gasteiger charge is -2.10. The van der Waals surface area contributed by atoms with Crippen molar-refractivity contribution in [3.63, 3.8) is 0 Å². The Morgan fingerprint density at radius 1 is 0.903 bits per heavy atom. The van der Waals surface area contributed by atoms with Gasteiger partial charge in [0.1, 0.15) is 34.7 Å². The highest BCUT2D eigenvalue weighted by molar-refractivity contribution is 5.94. The molecule has 4 rings (SSSR count). The van der Waals surface area contributed by atoms with Crippen LogP contribution < -0.4 is 19.6 Å². The second-order valence-corrected chi connectivity index (χ2v) is 7.05. The zero-order valence-electron chi connectivity index (χ0n) is 17.3. The van der Waals surface area contributed by atoms with Crippen molar-refractivity contribution in [2.75, 3.05) is 7.11 Å². The Hall–Kier alpha value is -4.06. The highest BCUT2D eigenvalue weighted by Crippen LogP contribution is 2.27. The number of carbonyl (C=O) groups excluding carboxylic acids is 1. The fraction of sp³-hybridized carbons (Fsp3) is 0.120. The third-order valence-electron chi connectivity index (χ3n) is 4.82. The van der Waals surface area contributed by atoms with Gasteiger partial charge < -0.3 is 18.6 Å². The predicted octanol–water partition coefficient (Wildman–Crippen LogP) is 5.43. The van der Waals surface area contributed by atoms with Gasteiger partial charge in [-0.25, -0.2) is 4.79 Å². The van der Waals surface area contributed by atoms with Gasteiger partial charge in [-0.15, -0.1) is 0 Å². The quantitative estimate of drug-likeness (QED) is 0.319. The molecule has 3 aromatic carbocycles. The van der Waals surface area contributed by atoms with Crippen LogP contribution in [0.3, 0.4) is 0 Å². The van der Waals surface area contributed by atoms with Gasteiger partial charge in [-0.2, -0.15) is 0 Å². The van der Waals surface area contributed by atoms with E-state index in [0.29, 0.717) is 22.4 Å². The summed E-state index contributed by atoms with van der Waals surface area (Å²) in [4.78, 5) is 25.4. The van der Waals surface area contributed by atoms with E-state index in [4.69, 9.17) is 18.6 Å². The molecule has 0 bridgehead atoms. The highest BCUT2D eigenvalue weighted by atomic mass is 16.5. The third kappa shape index (κ3) is 4.14. The van der Waals surface area contributed by atoms with E-state index in [0.717, 1.165) is 11.1 Å². The molecule has 0 aliphatic heterocycles. The molecular formula is C25H20O6. The van der Waals surface area contributed by atoms with Crippen molar-refractivity contribution < 1.29 is 23.4 Å². The average molecular weight is 416 g/mol. The zero-order valence-corrected chi connectivity index (χ0v) is 17.3. The lowest BCUT2D eigenvalue weighted by molar-refractivity contribution is 0.0731. The molecule has 0 atom stereocenters. The van der Waals surface area contributed by atoms with Crippen LogP contribution >= 0.6 is 0 Å². The second kappa shape index (κ2) is 8.36. The molecule has 6 nitrogen and oxygen atoms in total. The van der Waals surface area contributed by atoms with Gasteiger partial charge in [0.15, 0.2) is 0 Å². The fourth-order valence-corrected chi connectivity index (χ4v) is 3.14. The van der Waals surface area contributed by atoms with Crippen LogP contribution in [0.4, 0.5) is 0 Å². The summed E-state index contributed by atoms with van der Waals surface area (Å²) < 4.78 is 22.0. The van der Waals surface area contributed by atoms with Crippen molar-refractivity contribution >= 4 is 16.9 Å². The van der Waals surface area contributed by atoms with E-state index in [2.05, 4.69) is 0 Å². The Morgan fingerprint density at radius 2 is 1.71 bits per heavy atom. The normalized spacial score (nSPS) is 10.7. The number of fused-ring (bicyclic) bond motifs is 1. The lowest BCUT2D eigenvalue weighted by atomic mass is 10.1. The SMILES string of the molecule is COc1ccccc1C(=O)Oc1ccc2c(=O)c(Oc3cc(C)ccc3C)coc2c1. The fourth-order valence-electron chi connectivity index (χ4n) is 3.14. The third-order valence-corrected chi connectivity index (χ3v) is 4.82. The second-order valence-electron chi connectivity index (χ2n) is 7.05. The zero-order chi connectivity index (χ0) is 22.0. The molecule has 0 amide bonds. The van der Waals surface area contributed by atoms with Crippen LogP contribution in [0.2, 0.25) is 0 Å². The number of rotatable bonds is 5. The number of hydrogen-bond acceptors (Lipinski definition) is 6. The van der Waals surface area contributed by atoms with Crippen LogP contribution in [0.15, 0.2) is 76.1 Å². The Morgan fingerprint density at radius 3 is 2.52 bits per heavy atom. The van der Waals surface area contributed by atoms with E-state index in [1.165, 1.54) is 25.5 Å². The Labute approximate surface area is 178 Å². The molecule has 0 N–H and O–H groups in total. The van der Waals surface area contributed by atoms with Gasteiger partial charge in [0.25, 0.3) is 0 Å². The van der Waals surface area contributed by atoms with Crippen LogP contribution in [0.25, 0.3) is 11.0 Å². The van der Waals surface area contributed by atoms with E-state index < -0.39 is 5.97 Å². The number of methoxy groups -OCH3 is 1. The van der Waals surface area contributed by atoms with E-state index in [9.17, 15) is 9.59 Å². The van der Waals surface area contributed by atoms with Crippen molar-refractivity contribution in [1.29, 1.82) is 0 Å². The summed E-state index contributed by atoms with van der Waals surface area (Å²) >= 11 is 0. The molecule has 1 aromatic heterocycles. The first-order valence-corrected chi connectivity index (χ1v) is 9.62. The molecule has 0 saturated carbocycles. The first kappa shape index (κ1) is 20.2. The molecule has 0 spiro atoms. The van der Waals surface area contributed by atoms with Gasteiger partial charge in [-0.3, -0.25) is 4.79 Å². The number of benzene rings is 3. The lowest BCUT2D eigenvalue weighted by Crippen LogP contribution is -2.10. The van der Waals surface area contributed by atoms with Crippen molar-refractivity contribution in [3.05, 3.63) is 93.8 Å². The first-order chi connectivity index (χ1) is 15.0.